The van der Waals surface area contributed by atoms with Crippen molar-refractivity contribution in [3.8, 4) is 0 Å². The fourth-order valence-corrected chi connectivity index (χ4v) is 3.93. The third-order valence-corrected chi connectivity index (χ3v) is 5.08. The SMILES string of the molecule is O=C1N=c2ccccc2=CC1=Cc1sc(=O)[nH]c1Nc1cc(Cl)cc(Cl)c1. The first-order valence-corrected chi connectivity index (χ1v) is 9.43. The van der Waals surface area contributed by atoms with Crippen molar-refractivity contribution in [1.29, 1.82) is 0 Å². The number of benzene rings is 2. The standard InChI is InChI=1S/C19H11Cl2N3O2S/c20-12-7-13(21)9-14(8-12)22-17-16(27-19(26)24-17)6-11-5-10-3-1-2-4-15(10)23-18(11)25/h1-9,22H,(H,24,26). The van der Waals surface area contributed by atoms with E-state index < -0.39 is 0 Å². The van der Waals surface area contributed by atoms with Crippen molar-refractivity contribution in [1.82, 2.24) is 4.98 Å². The van der Waals surface area contributed by atoms with E-state index >= 15 is 0 Å². The van der Waals surface area contributed by atoms with Crippen LogP contribution in [0.1, 0.15) is 4.88 Å². The predicted molar refractivity (Wildman–Crippen MR) is 109 cm³/mol. The lowest BCUT2D eigenvalue weighted by Crippen LogP contribution is -2.29. The zero-order valence-electron chi connectivity index (χ0n) is 13.6. The number of carbonyl (C=O) groups excluding carboxylic acids is 1. The van der Waals surface area contributed by atoms with Crippen LogP contribution in [-0.4, -0.2) is 10.9 Å². The number of nitrogens with zero attached hydrogens (tertiary/aromatic N) is 1. The van der Waals surface area contributed by atoms with Crippen molar-refractivity contribution >= 4 is 64.1 Å². The lowest BCUT2D eigenvalue weighted by atomic mass is 10.1. The van der Waals surface area contributed by atoms with E-state index in [0.29, 0.717) is 37.4 Å². The molecule has 27 heavy (non-hydrogen) atoms. The first kappa shape index (κ1) is 17.7. The van der Waals surface area contributed by atoms with Gasteiger partial charge in [0.25, 0.3) is 5.91 Å². The minimum Gasteiger partial charge on any atom is -0.340 e. The Balaban J connectivity index is 1.75. The smallest absolute Gasteiger partial charge is 0.306 e. The minimum atomic E-state index is -0.355. The molecule has 2 aromatic carbocycles. The van der Waals surface area contributed by atoms with Gasteiger partial charge in [-0.2, -0.15) is 0 Å². The van der Waals surface area contributed by atoms with Gasteiger partial charge in [0.05, 0.1) is 10.2 Å². The number of anilines is 2. The number of aromatic amines is 1. The zero-order chi connectivity index (χ0) is 19.0. The summed E-state index contributed by atoms with van der Waals surface area (Å²) in [5.41, 5.74) is 1.02. The highest BCUT2D eigenvalue weighted by Gasteiger charge is 2.14. The predicted octanol–water partition coefficient (Wildman–Crippen LogP) is 3.51. The number of fused-ring (bicyclic) bond motifs is 1. The van der Waals surface area contributed by atoms with Gasteiger partial charge in [-0.15, -0.1) is 0 Å². The van der Waals surface area contributed by atoms with Crippen molar-refractivity contribution < 1.29 is 4.79 Å². The quantitative estimate of drug-likeness (QED) is 0.642. The number of nitrogens with one attached hydrogen (secondary N) is 2. The number of rotatable bonds is 3. The summed E-state index contributed by atoms with van der Waals surface area (Å²) in [5, 5.41) is 5.50. The Morgan fingerprint density at radius 3 is 2.59 bits per heavy atom. The Bertz CT molecular complexity index is 1250. The maximum Gasteiger partial charge on any atom is 0.306 e. The average molecular weight is 416 g/mol. The van der Waals surface area contributed by atoms with Gasteiger partial charge in [0, 0.05) is 26.5 Å². The van der Waals surface area contributed by atoms with Gasteiger partial charge in [-0.05, 0) is 36.4 Å². The molecular formula is C19H11Cl2N3O2S. The van der Waals surface area contributed by atoms with Crippen molar-refractivity contribution in [2.75, 3.05) is 5.32 Å². The van der Waals surface area contributed by atoms with E-state index in [1.165, 1.54) is 0 Å². The second kappa shape index (κ2) is 7.15. The van der Waals surface area contributed by atoms with Gasteiger partial charge < -0.3 is 5.32 Å². The molecule has 1 aliphatic heterocycles. The summed E-state index contributed by atoms with van der Waals surface area (Å²) in [7, 11) is 0. The van der Waals surface area contributed by atoms with E-state index in [4.69, 9.17) is 23.2 Å². The monoisotopic (exact) mass is 415 g/mol. The van der Waals surface area contributed by atoms with E-state index in [-0.39, 0.29) is 10.8 Å². The van der Waals surface area contributed by atoms with E-state index in [0.717, 1.165) is 16.6 Å². The molecular weight excluding hydrogens is 405 g/mol. The van der Waals surface area contributed by atoms with E-state index in [9.17, 15) is 9.59 Å². The number of aromatic nitrogens is 1. The molecule has 0 spiro atoms. The van der Waals surface area contributed by atoms with Gasteiger partial charge in [-0.3, -0.25) is 14.6 Å². The highest BCUT2D eigenvalue weighted by Crippen LogP contribution is 2.28. The van der Waals surface area contributed by atoms with Gasteiger partial charge in [-0.1, -0.05) is 52.7 Å². The molecule has 0 fully saturated rings. The highest BCUT2D eigenvalue weighted by atomic mass is 35.5. The van der Waals surface area contributed by atoms with E-state index in [1.807, 2.05) is 18.2 Å². The molecule has 0 saturated carbocycles. The lowest BCUT2D eigenvalue weighted by molar-refractivity contribution is -0.114. The van der Waals surface area contributed by atoms with Crippen molar-refractivity contribution in [2.24, 2.45) is 4.99 Å². The summed E-state index contributed by atoms with van der Waals surface area (Å²) in [6.07, 6.45) is 3.40. The Labute approximate surface area is 167 Å². The first-order valence-electron chi connectivity index (χ1n) is 7.86. The van der Waals surface area contributed by atoms with Crippen molar-refractivity contribution in [3.63, 3.8) is 0 Å². The molecule has 3 aromatic rings. The number of hydrogen-bond donors (Lipinski definition) is 2. The molecule has 1 aliphatic rings. The Morgan fingerprint density at radius 1 is 1.07 bits per heavy atom. The van der Waals surface area contributed by atoms with Crippen LogP contribution in [0.2, 0.25) is 10.0 Å². The van der Waals surface area contributed by atoms with Crippen molar-refractivity contribution in [2.45, 2.75) is 0 Å². The normalized spacial score (nSPS) is 14.4. The number of carbonyl (C=O) groups is 1. The van der Waals surface area contributed by atoms with Crippen LogP contribution in [0.25, 0.3) is 12.2 Å². The molecule has 134 valence electrons. The Hall–Kier alpha value is -2.67. The Kier molecular flexibility index (Phi) is 4.70. The third kappa shape index (κ3) is 3.88. The molecule has 2 N–H and O–H groups in total. The number of H-pyrrole nitrogens is 1. The summed E-state index contributed by atoms with van der Waals surface area (Å²) in [6, 6.07) is 12.4. The van der Waals surface area contributed by atoms with E-state index in [2.05, 4.69) is 15.3 Å². The van der Waals surface area contributed by atoms with Crippen LogP contribution in [0, 0.1) is 0 Å². The maximum atomic E-state index is 12.3. The van der Waals surface area contributed by atoms with Crippen molar-refractivity contribution in [3.05, 3.63) is 83.2 Å². The highest BCUT2D eigenvalue weighted by molar-refractivity contribution is 7.10. The third-order valence-electron chi connectivity index (χ3n) is 3.81. The second-order valence-corrected chi connectivity index (χ2v) is 7.64. The van der Waals surface area contributed by atoms with Gasteiger partial charge in [-0.25, -0.2) is 4.99 Å². The summed E-state index contributed by atoms with van der Waals surface area (Å²) in [5.74, 6) is 0.0993. The zero-order valence-corrected chi connectivity index (χ0v) is 16.0. The van der Waals surface area contributed by atoms with Crippen LogP contribution in [-0.2, 0) is 4.79 Å². The average Bonchev–Trinajstić information content (AvgIpc) is 2.93. The molecule has 0 unspecified atom stereocenters. The molecule has 0 bridgehead atoms. The largest absolute Gasteiger partial charge is 0.340 e. The molecule has 1 amide bonds. The Morgan fingerprint density at radius 2 is 1.81 bits per heavy atom. The fourth-order valence-electron chi connectivity index (χ4n) is 2.66. The van der Waals surface area contributed by atoms with Crippen LogP contribution in [0.3, 0.4) is 0 Å². The molecule has 0 saturated heterocycles. The van der Waals surface area contributed by atoms with Gasteiger partial charge in [0.1, 0.15) is 5.82 Å². The molecule has 4 rings (SSSR count). The van der Waals surface area contributed by atoms with E-state index in [1.54, 1.807) is 36.4 Å². The van der Waals surface area contributed by atoms with Crippen LogP contribution in [0.5, 0.6) is 0 Å². The lowest BCUT2D eigenvalue weighted by Gasteiger charge is -2.07. The topological polar surface area (TPSA) is 74.3 Å². The van der Waals surface area contributed by atoms with Gasteiger partial charge in [0.15, 0.2) is 0 Å². The number of thiazole rings is 1. The summed E-state index contributed by atoms with van der Waals surface area (Å²) in [4.78, 5) is 31.3. The molecule has 0 atom stereocenters. The molecule has 0 aliphatic carbocycles. The molecule has 0 radical (unpaired) electrons. The summed E-state index contributed by atoms with van der Waals surface area (Å²) >= 11 is 13.0. The van der Waals surface area contributed by atoms with Crippen LogP contribution < -0.4 is 20.8 Å². The number of para-hydroxylation sites is 1. The minimum absolute atomic E-state index is 0.252. The summed E-state index contributed by atoms with van der Waals surface area (Å²) in [6.45, 7) is 0. The molecule has 1 aromatic heterocycles. The maximum absolute atomic E-state index is 12.3. The second-order valence-electron chi connectivity index (χ2n) is 5.76. The molecule has 5 nitrogen and oxygen atoms in total. The first-order chi connectivity index (χ1) is 13.0. The molecule has 8 heteroatoms. The summed E-state index contributed by atoms with van der Waals surface area (Å²) < 4.78 is 0. The number of amides is 1. The number of hydrogen-bond acceptors (Lipinski definition) is 4. The van der Waals surface area contributed by atoms with Gasteiger partial charge >= 0.3 is 4.87 Å². The van der Waals surface area contributed by atoms with Crippen LogP contribution >= 0.6 is 34.5 Å². The van der Waals surface area contributed by atoms with Crippen LogP contribution in [0.4, 0.5) is 11.5 Å². The fraction of sp³-hybridized carbons (Fsp3) is 0. The molecule has 2 heterocycles. The van der Waals surface area contributed by atoms with Crippen LogP contribution in [0.15, 0.2) is 57.8 Å². The number of halogens is 2. The van der Waals surface area contributed by atoms with Gasteiger partial charge in [0.2, 0.25) is 0 Å².